The molecule has 0 bridgehead atoms. The van der Waals surface area contributed by atoms with Crippen molar-refractivity contribution in [2.75, 3.05) is 0 Å². The minimum atomic E-state index is -0.223. The molecule has 0 N–H and O–H groups in total. The van der Waals surface area contributed by atoms with Gasteiger partial charge in [-0.25, -0.2) is 0 Å². The fraction of sp³-hybridized carbons (Fsp3) is 0.263. The molecule has 24 heavy (non-hydrogen) atoms. The lowest BCUT2D eigenvalue weighted by atomic mass is 10.00. The van der Waals surface area contributed by atoms with Crippen LogP contribution in [0.5, 0.6) is 0 Å². The molecule has 0 saturated carbocycles. The van der Waals surface area contributed by atoms with E-state index in [-0.39, 0.29) is 6.04 Å². The summed E-state index contributed by atoms with van der Waals surface area (Å²) in [5.41, 5.74) is 12.8. The van der Waals surface area contributed by atoms with Crippen LogP contribution in [0.3, 0.4) is 0 Å². The third kappa shape index (κ3) is 3.53. The van der Waals surface area contributed by atoms with Gasteiger partial charge in [0.1, 0.15) is 0 Å². The summed E-state index contributed by atoms with van der Waals surface area (Å²) in [6.45, 7) is 4.23. The van der Waals surface area contributed by atoms with Crippen molar-refractivity contribution in [2.45, 2.75) is 26.3 Å². The molecule has 2 heterocycles. The van der Waals surface area contributed by atoms with Gasteiger partial charge in [-0.05, 0) is 59.3 Å². The predicted octanol–water partition coefficient (Wildman–Crippen LogP) is 5.69. The normalized spacial score (nSPS) is 12.1. The summed E-state index contributed by atoms with van der Waals surface area (Å²) in [6, 6.07) is 13.9. The molecule has 0 amide bonds. The smallest absolute Gasteiger partial charge is 0.0800 e. The van der Waals surface area contributed by atoms with Gasteiger partial charge >= 0.3 is 0 Å². The predicted molar refractivity (Wildman–Crippen MR) is 96.3 cm³/mol. The number of azide groups is 1. The highest BCUT2D eigenvalue weighted by atomic mass is 15.2. The van der Waals surface area contributed by atoms with Gasteiger partial charge in [0.2, 0.25) is 0 Å². The SMILES string of the molecule is CC(C)CC(N=[N+]=[N-])c1ccc2cc(-c3ccncc3)ccc2n1. The summed E-state index contributed by atoms with van der Waals surface area (Å²) in [7, 11) is 0. The van der Waals surface area contributed by atoms with Gasteiger partial charge in [0.15, 0.2) is 0 Å². The first-order valence-electron chi connectivity index (χ1n) is 8.02. The van der Waals surface area contributed by atoms with Crippen LogP contribution in [0.4, 0.5) is 0 Å². The third-order valence-corrected chi connectivity index (χ3v) is 3.95. The van der Waals surface area contributed by atoms with Crippen molar-refractivity contribution in [3.05, 3.63) is 71.0 Å². The van der Waals surface area contributed by atoms with Gasteiger partial charge < -0.3 is 0 Å². The highest BCUT2D eigenvalue weighted by Crippen LogP contribution is 2.28. The lowest BCUT2D eigenvalue weighted by Crippen LogP contribution is -2.02. The van der Waals surface area contributed by atoms with E-state index in [0.717, 1.165) is 34.1 Å². The lowest BCUT2D eigenvalue weighted by Gasteiger charge is -2.14. The Balaban J connectivity index is 1.99. The number of nitrogens with zero attached hydrogens (tertiary/aromatic N) is 5. The maximum Gasteiger partial charge on any atom is 0.0800 e. The number of aromatic nitrogens is 2. The Bertz CT molecular complexity index is 883. The fourth-order valence-electron chi connectivity index (χ4n) is 2.79. The van der Waals surface area contributed by atoms with Crippen molar-refractivity contribution in [2.24, 2.45) is 11.0 Å². The highest BCUT2D eigenvalue weighted by Gasteiger charge is 2.14. The van der Waals surface area contributed by atoms with Crippen molar-refractivity contribution in [1.82, 2.24) is 9.97 Å². The maximum atomic E-state index is 8.81. The summed E-state index contributed by atoms with van der Waals surface area (Å²) in [5, 5.41) is 4.98. The second-order valence-electron chi connectivity index (χ2n) is 6.23. The summed E-state index contributed by atoms with van der Waals surface area (Å²) >= 11 is 0. The number of rotatable bonds is 5. The Morgan fingerprint density at radius 2 is 1.83 bits per heavy atom. The Hall–Kier alpha value is -2.91. The molecule has 1 atom stereocenters. The van der Waals surface area contributed by atoms with E-state index in [4.69, 9.17) is 10.5 Å². The van der Waals surface area contributed by atoms with E-state index in [9.17, 15) is 0 Å². The van der Waals surface area contributed by atoms with Crippen LogP contribution >= 0.6 is 0 Å². The van der Waals surface area contributed by atoms with Gasteiger partial charge in [0.25, 0.3) is 0 Å². The zero-order valence-corrected chi connectivity index (χ0v) is 13.8. The van der Waals surface area contributed by atoms with Crippen LogP contribution in [0.1, 0.15) is 32.0 Å². The average molecular weight is 317 g/mol. The largest absolute Gasteiger partial charge is 0.265 e. The van der Waals surface area contributed by atoms with E-state index < -0.39 is 0 Å². The molecular formula is C19H19N5. The standard InChI is InChI=1S/C19H19N5/c1-13(2)11-19(23-24-20)18-6-4-16-12-15(3-5-17(16)22-18)14-7-9-21-10-8-14/h3-10,12-13,19H,11H2,1-2H3. The second-order valence-corrected chi connectivity index (χ2v) is 6.23. The van der Waals surface area contributed by atoms with E-state index >= 15 is 0 Å². The minimum absolute atomic E-state index is 0.223. The third-order valence-electron chi connectivity index (χ3n) is 3.95. The van der Waals surface area contributed by atoms with Crippen LogP contribution in [0.25, 0.3) is 32.5 Å². The molecule has 0 aliphatic carbocycles. The molecule has 120 valence electrons. The molecule has 5 heteroatoms. The van der Waals surface area contributed by atoms with Crippen LogP contribution in [0.2, 0.25) is 0 Å². The number of benzene rings is 1. The Labute approximate surface area is 141 Å². The van der Waals surface area contributed by atoms with E-state index in [1.54, 1.807) is 12.4 Å². The monoisotopic (exact) mass is 317 g/mol. The van der Waals surface area contributed by atoms with E-state index in [1.807, 2.05) is 30.3 Å². The van der Waals surface area contributed by atoms with Crippen LogP contribution in [0.15, 0.2) is 60.0 Å². The van der Waals surface area contributed by atoms with Gasteiger partial charge in [-0.1, -0.05) is 31.1 Å². The summed E-state index contributed by atoms with van der Waals surface area (Å²) in [4.78, 5) is 11.7. The number of pyridine rings is 2. The molecule has 0 fully saturated rings. The topological polar surface area (TPSA) is 74.5 Å². The molecule has 0 spiro atoms. The first-order chi connectivity index (χ1) is 11.7. The van der Waals surface area contributed by atoms with Gasteiger partial charge in [-0.15, -0.1) is 0 Å². The van der Waals surface area contributed by atoms with Crippen molar-refractivity contribution < 1.29 is 0 Å². The molecule has 5 nitrogen and oxygen atoms in total. The highest BCUT2D eigenvalue weighted by molar-refractivity contribution is 5.84. The maximum absolute atomic E-state index is 8.81. The van der Waals surface area contributed by atoms with Crippen molar-refractivity contribution in [1.29, 1.82) is 0 Å². The van der Waals surface area contributed by atoms with E-state index in [1.165, 1.54) is 0 Å². The second kappa shape index (κ2) is 7.11. The Morgan fingerprint density at radius 1 is 1.04 bits per heavy atom. The summed E-state index contributed by atoms with van der Waals surface area (Å²) < 4.78 is 0. The first-order valence-corrected chi connectivity index (χ1v) is 8.02. The average Bonchev–Trinajstić information content (AvgIpc) is 2.61. The van der Waals surface area contributed by atoms with Crippen LogP contribution < -0.4 is 0 Å². The molecule has 0 radical (unpaired) electrons. The first kappa shape index (κ1) is 16.0. The zero-order chi connectivity index (χ0) is 16.9. The molecule has 0 saturated heterocycles. The van der Waals surface area contributed by atoms with E-state index in [2.05, 4.69) is 41.0 Å². The molecular weight excluding hydrogens is 298 g/mol. The number of hydrogen-bond acceptors (Lipinski definition) is 3. The van der Waals surface area contributed by atoms with Crippen molar-refractivity contribution >= 4 is 10.9 Å². The van der Waals surface area contributed by atoms with E-state index in [0.29, 0.717) is 5.92 Å². The van der Waals surface area contributed by atoms with Crippen molar-refractivity contribution in [3.8, 4) is 11.1 Å². The molecule has 2 aromatic heterocycles. The number of hydrogen-bond donors (Lipinski definition) is 0. The molecule has 1 unspecified atom stereocenters. The van der Waals surface area contributed by atoms with Gasteiger partial charge in [0.05, 0.1) is 17.3 Å². The zero-order valence-electron chi connectivity index (χ0n) is 13.8. The molecule has 1 aromatic carbocycles. The molecule has 0 aliphatic rings. The Kier molecular flexibility index (Phi) is 4.73. The molecule has 3 aromatic rings. The fourth-order valence-corrected chi connectivity index (χ4v) is 2.79. The summed E-state index contributed by atoms with van der Waals surface area (Å²) in [6.07, 6.45) is 4.37. The van der Waals surface area contributed by atoms with Crippen LogP contribution in [0, 0.1) is 5.92 Å². The minimum Gasteiger partial charge on any atom is -0.265 e. The van der Waals surface area contributed by atoms with Crippen LogP contribution in [-0.2, 0) is 0 Å². The van der Waals surface area contributed by atoms with Gasteiger partial charge in [-0.3, -0.25) is 9.97 Å². The quantitative estimate of drug-likeness (QED) is 0.344. The van der Waals surface area contributed by atoms with Gasteiger partial charge in [-0.2, -0.15) is 0 Å². The lowest BCUT2D eigenvalue weighted by molar-refractivity contribution is 0.502. The Morgan fingerprint density at radius 3 is 2.54 bits per heavy atom. The van der Waals surface area contributed by atoms with Crippen LogP contribution in [-0.4, -0.2) is 9.97 Å². The van der Waals surface area contributed by atoms with Crippen molar-refractivity contribution in [3.63, 3.8) is 0 Å². The molecule has 3 rings (SSSR count). The molecule has 0 aliphatic heterocycles. The van der Waals surface area contributed by atoms with Gasteiger partial charge in [0, 0.05) is 22.7 Å². The summed E-state index contributed by atoms with van der Waals surface area (Å²) in [5.74, 6) is 0.437. The number of fused-ring (bicyclic) bond motifs is 1.